The Morgan fingerprint density at radius 2 is 1.62 bits per heavy atom. The minimum absolute atomic E-state index is 0.347. The third-order valence-electron chi connectivity index (χ3n) is 4.68. The molecule has 1 aromatic heterocycles. The van der Waals surface area contributed by atoms with Gasteiger partial charge >= 0.3 is 5.97 Å². The maximum atomic E-state index is 10.8. The molecule has 32 heavy (non-hydrogen) atoms. The Labute approximate surface area is 185 Å². The molecule has 160 valence electrons. The predicted octanol–water partition coefficient (Wildman–Crippen LogP) is 5.65. The fourth-order valence-electron chi connectivity index (χ4n) is 3.20. The summed E-state index contributed by atoms with van der Waals surface area (Å²) in [6.45, 7) is -0.454. The Kier molecular flexibility index (Phi) is 6.32. The number of hydrogen-bond donors (Lipinski definition) is 1. The van der Waals surface area contributed by atoms with Gasteiger partial charge in [-0.2, -0.15) is 0 Å². The zero-order valence-electron chi connectivity index (χ0n) is 17.4. The second-order valence-corrected chi connectivity index (χ2v) is 6.89. The molecule has 0 aliphatic carbocycles. The van der Waals surface area contributed by atoms with Crippen LogP contribution < -0.4 is 9.47 Å². The number of aliphatic carboxylic acids is 1. The fraction of sp³-hybridized carbons (Fsp3) is 0.0769. The number of oxazole rings is 1. The number of rotatable bonds is 8. The third-order valence-corrected chi connectivity index (χ3v) is 4.68. The van der Waals surface area contributed by atoms with Gasteiger partial charge in [0.05, 0.1) is 7.11 Å². The van der Waals surface area contributed by atoms with Gasteiger partial charge in [0.2, 0.25) is 5.89 Å². The van der Waals surface area contributed by atoms with E-state index >= 15 is 0 Å². The van der Waals surface area contributed by atoms with Crippen LogP contribution >= 0.6 is 0 Å². The summed E-state index contributed by atoms with van der Waals surface area (Å²) >= 11 is 0. The molecule has 6 nitrogen and oxygen atoms in total. The summed E-state index contributed by atoms with van der Waals surface area (Å²) < 4.78 is 16.7. The van der Waals surface area contributed by atoms with Crippen LogP contribution in [0.5, 0.6) is 11.5 Å². The van der Waals surface area contributed by atoms with Gasteiger partial charge < -0.3 is 19.0 Å². The van der Waals surface area contributed by atoms with Crippen LogP contribution in [0.3, 0.4) is 0 Å². The standard InChI is InChI=1S/C26H21NO5/c1-30-21-14-12-18(16-22(21)31-17-24(28)29)13-15-23-27-25(19-8-4-2-5-9-19)26(32-23)20-10-6-3-7-11-20/h2-16H,17H2,1H3,(H,28,29)/b15-13+. The number of carboxylic acid groups (broad SMARTS) is 1. The van der Waals surface area contributed by atoms with Gasteiger partial charge in [0, 0.05) is 17.2 Å². The normalized spacial score (nSPS) is 10.9. The van der Waals surface area contributed by atoms with Gasteiger partial charge in [-0.05, 0) is 23.8 Å². The Bertz CT molecular complexity index is 1170. The molecule has 0 aliphatic rings. The number of hydrogen-bond acceptors (Lipinski definition) is 5. The van der Waals surface area contributed by atoms with Crippen LogP contribution in [0, 0.1) is 0 Å². The van der Waals surface area contributed by atoms with Crippen molar-refractivity contribution in [1.29, 1.82) is 0 Å². The summed E-state index contributed by atoms with van der Waals surface area (Å²) in [6.07, 6.45) is 3.59. The number of ether oxygens (including phenoxy) is 2. The second kappa shape index (κ2) is 9.66. The van der Waals surface area contributed by atoms with Gasteiger partial charge in [0.25, 0.3) is 0 Å². The molecule has 1 N–H and O–H groups in total. The minimum atomic E-state index is -1.06. The third kappa shape index (κ3) is 4.87. The van der Waals surface area contributed by atoms with Crippen molar-refractivity contribution in [3.63, 3.8) is 0 Å². The van der Waals surface area contributed by atoms with Gasteiger partial charge in [-0.1, -0.05) is 66.7 Å². The smallest absolute Gasteiger partial charge is 0.341 e. The number of benzene rings is 3. The van der Waals surface area contributed by atoms with Crippen LogP contribution in [0.25, 0.3) is 34.7 Å². The molecule has 0 spiro atoms. The lowest BCUT2D eigenvalue weighted by atomic mass is 10.1. The van der Waals surface area contributed by atoms with Crippen LogP contribution in [0.4, 0.5) is 0 Å². The van der Waals surface area contributed by atoms with E-state index < -0.39 is 12.6 Å². The summed E-state index contributed by atoms with van der Waals surface area (Å²) in [4.78, 5) is 15.5. The molecule has 0 atom stereocenters. The van der Waals surface area contributed by atoms with E-state index in [1.165, 1.54) is 7.11 Å². The molecule has 0 radical (unpaired) electrons. The molecule has 0 saturated carbocycles. The fourth-order valence-corrected chi connectivity index (χ4v) is 3.20. The molecular formula is C26H21NO5. The SMILES string of the molecule is COc1ccc(/C=C/c2nc(-c3ccccc3)c(-c3ccccc3)o2)cc1OCC(=O)O. The summed E-state index contributed by atoms with van der Waals surface area (Å²) in [5, 5.41) is 8.88. The highest BCUT2D eigenvalue weighted by atomic mass is 16.5. The van der Waals surface area contributed by atoms with Crippen molar-refractivity contribution in [3.05, 3.63) is 90.3 Å². The zero-order valence-corrected chi connectivity index (χ0v) is 17.4. The molecular weight excluding hydrogens is 406 g/mol. The van der Waals surface area contributed by atoms with Crippen LogP contribution in [-0.4, -0.2) is 29.8 Å². The van der Waals surface area contributed by atoms with E-state index in [0.717, 1.165) is 22.4 Å². The highest BCUT2D eigenvalue weighted by Gasteiger charge is 2.15. The van der Waals surface area contributed by atoms with E-state index in [-0.39, 0.29) is 0 Å². The molecule has 6 heteroatoms. The molecule has 1 heterocycles. The highest BCUT2D eigenvalue weighted by Crippen LogP contribution is 2.33. The first-order valence-electron chi connectivity index (χ1n) is 9.96. The molecule has 4 rings (SSSR count). The Balaban J connectivity index is 1.67. The molecule has 0 unspecified atom stereocenters. The molecule has 3 aromatic carbocycles. The van der Waals surface area contributed by atoms with Crippen molar-refractivity contribution < 1.29 is 23.8 Å². The van der Waals surface area contributed by atoms with Gasteiger partial charge in [0.1, 0.15) is 5.69 Å². The quantitative estimate of drug-likeness (QED) is 0.391. The van der Waals surface area contributed by atoms with Crippen molar-refractivity contribution in [3.8, 4) is 34.1 Å². The number of nitrogens with zero attached hydrogens (tertiary/aromatic N) is 1. The monoisotopic (exact) mass is 427 g/mol. The highest BCUT2D eigenvalue weighted by molar-refractivity contribution is 5.79. The topological polar surface area (TPSA) is 81.8 Å². The van der Waals surface area contributed by atoms with E-state index in [1.807, 2.05) is 72.8 Å². The van der Waals surface area contributed by atoms with Crippen molar-refractivity contribution in [2.24, 2.45) is 0 Å². The van der Waals surface area contributed by atoms with Crippen LogP contribution in [0.15, 0.2) is 83.3 Å². The van der Waals surface area contributed by atoms with Crippen LogP contribution in [-0.2, 0) is 4.79 Å². The Hall–Kier alpha value is -4.32. The minimum Gasteiger partial charge on any atom is -0.493 e. The summed E-state index contributed by atoms with van der Waals surface area (Å²) in [5.74, 6) is 0.884. The molecule has 0 fully saturated rings. The number of aromatic nitrogens is 1. The summed E-state index contributed by atoms with van der Waals surface area (Å²) in [7, 11) is 1.50. The van der Waals surface area contributed by atoms with Crippen molar-refractivity contribution >= 4 is 18.1 Å². The predicted molar refractivity (Wildman–Crippen MR) is 122 cm³/mol. The van der Waals surface area contributed by atoms with Gasteiger partial charge in [-0.3, -0.25) is 0 Å². The first-order valence-corrected chi connectivity index (χ1v) is 9.96. The number of carbonyl (C=O) groups is 1. The molecule has 0 aliphatic heterocycles. The average molecular weight is 427 g/mol. The first kappa shape index (κ1) is 20.9. The van der Waals surface area contributed by atoms with Crippen molar-refractivity contribution in [1.82, 2.24) is 4.98 Å². The van der Waals surface area contributed by atoms with Gasteiger partial charge in [-0.15, -0.1) is 0 Å². The lowest BCUT2D eigenvalue weighted by Gasteiger charge is -2.09. The first-order chi connectivity index (χ1) is 15.6. The molecule has 0 amide bonds. The van der Waals surface area contributed by atoms with E-state index in [1.54, 1.807) is 18.2 Å². The van der Waals surface area contributed by atoms with Crippen molar-refractivity contribution in [2.45, 2.75) is 0 Å². The van der Waals surface area contributed by atoms with E-state index in [2.05, 4.69) is 0 Å². The van der Waals surface area contributed by atoms with Crippen molar-refractivity contribution in [2.75, 3.05) is 13.7 Å². The lowest BCUT2D eigenvalue weighted by Crippen LogP contribution is -2.10. The Morgan fingerprint density at radius 3 is 2.28 bits per heavy atom. The zero-order chi connectivity index (χ0) is 22.3. The van der Waals surface area contributed by atoms with E-state index in [0.29, 0.717) is 23.1 Å². The largest absolute Gasteiger partial charge is 0.493 e. The Morgan fingerprint density at radius 1 is 0.938 bits per heavy atom. The molecule has 4 aromatic rings. The van der Waals surface area contributed by atoms with Crippen LogP contribution in [0.1, 0.15) is 11.5 Å². The summed E-state index contributed by atoms with van der Waals surface area (Å²) in [5.41, 5.74) is 3.44. The lowest BCUT2D eigenvalue weighted by molar-refractivity contribution is -0.139. The maximum absolute atomic E-state index is 10.8. The van der Waals surface area contributed by atoms with E-state index in [9.17, 15) is 4.79 Å². The maximum Gasteiger partial charge on any atom is 0.341 e. The number of methoxy groups -OCH3 is 1. The van der Waals surface area contributed by atoms with Gasteiger partial charge in [0.15, 0.2) is 23.9 Å². The van der Waals surface area contributed by atoms with Crippen LogP contribution in [0.2, 0.25) is 0 Å². The second-order valence-electron chi connectivity index (χ2n) is 6.89. The van der Waals surface area contributed by atoms with E-state index in [4.69, 9.17) is 24.0 Å². The molecule has 0 saturated heterocycles. The molecule has 0 bridgehead atoms. The average Bonchev–Trinajstić information content (AvgIpc) is 3.27. The van der Waals surface area contributed by atoms with Gasteiger partial charge in [-0.25, -0.2) is 9.78 Å². The summed E-state index contributed by atoms with van der Waals surface area (Å²) in [6, 6.07) is 25.0. The number of carboxylic acids is 1.